The van der Waals surface area contributed by atoms with Crippen LogP contribution in [0.25, 0.3) is 0 Å². The lowest BCUT2D eigenvalue weighted by molar-refractivity contribution is -0.125. The number of ether oxygens (including phenoxy) is 1. The number of benzene rings is 2. The van der Waals surface area contributed by atoms with Crippen LogP contribution in [-0.4, -0.2) is 32.9 Å². The second-order valence-electron chi connectivity index (χ2n) is 7.01. The molecule has 1 atom stereocenters. The molecule has 0 aliphatic heterocycles. The average Bonchev–Trinajstić information content (AvgIpc) is 2.71. The van der Waals surface area contributed by atoms with Crippen LogP contribution in [0.3, 0.4) is 0 Å². The van der Waals surface area contributed by atoms with E-state index in [2.05, 4.69) is 10.0 Å². The van der Waals surface area contributed by atoms with E-state index in [0.717, 1.165) is 5.56 Å². The van der Waals surface area contributed by atoms with Gasteiger partial charge in [0.15, 0.2) is 6.61 Å². The molecule has 156 valence electrons. The normalized spacial score (nSPS) is 12.4. The summed E-state index contributed by atoms with van der Waals surface area (Å²) in [5.41, 5.74) is 0.866. The highest BCUT2D eigenvalue weighted by Gasteiger charge is 2.18. The van der Waals surface area contributed by atoms with E-state index in [1.807, 2.05) is 51.1 Å². The molecular formula is C21H26N2O5S. The molecule has 0 heterocycles. The van der Waals surface area contributed by atoms with Gasteiger partial charge in [-0.25, -0.2) is 17.9 Å². The number of hydrogen-bond donors (Lipinski definition) is 2. The third-order valence-electron chi connectivity index (χ3n) is 4.41. The number of carbonyl (C=O) groups is 2. The molecule has 0 bridgehead atoms. The van der Waals surface area contributed by atoms with Crippen molar-refractivity contribution in [3.8, 4) is 0 Å². The third kappa shape index (κ3) is 6.99. The average molecular weight is 419 g/mol. The lowest BCUT2D eigenvalue weighted by atomic mass is 10.1. The van der Waals surface area contributed by atoms with Crippen LogP contribution < -0.4 is 10.0 Å². The molecule has 0 aliphatic rings. The van der Waals surface area contributed by atoms with Gasteiger partial charge in [0.25, 0.3) is 5.91 Å². The first-order valence-corrected chi connectivity index (χ1v) is 10.8. The molecule has 2 rings (SSSR count). The first kappa shape index (κ1) is 22.6. The van der Waals surface area contributed by atoms with E-state index in [0.29, 0.717) is 0 Å². The first-order chi connectivity index (χ1) is 13.7. The molecule has 0 fully saturated rings. The highest BCUT2D eigenvalue weighted by Crippen LogP contribution is 2.13. The predicted octanol–water partition coefficient (Wildman–Crippen LogP) is 2.48. The minimum Gasteiger partial charge on any atom is -0.452 e. The van der Waals surface area contributed by atoms with Gasteiger partial charge in [0, 0.05) is 12.6 Å². The van der Waals surface area contributed by atoms with E-state index in [-0.39, 0.29) is 29.0 Å². The van der Waals surface area contributed by atoms with Crippen molar-refractivity contribution in [2.45, 2.75) is 38.3 Å². The number of hydrogen-bond acceptors (Lipinski definition) is 5. The van der Waals surface area contributed by atoms with Gasteiger partial charge in [0.1, 0.15) is 0 Å². The van der Waals surface area contributed by atoms with Gasteiger partial charge >= 0.3 is 5.97 Å². The molecule has 29 heavy (non-hydrogen) atoms. The molecule has 2 N–H and O–H groups in total. The van der Waals surface area contributed by atoms with Gasteiger partial charge in [0.05, 0.1) is 10.5 Å². The number of sulfonamides is 1. The summed E-state index contributed by atoms with van der Waals surface area (Å²) < 4.78 is 32.5. The van der Waals surface area contributed by atoms with E-state index in [1.54, 1.807) is 0 Å². The highest BCUT2D eigenvalue weighted by molar-refractivity contribution is 7.89. The zero-order chi connectivity index (χ0) is 21.4. The van der Waals surface area contributed by atoms with Gasteiger partial charge < -0.3 is 10.1 Å². The summed E-state index contributed by atoms with van der Waals surface area (Å²) in [6.07, 6.45) is 0. The highest BCUT2D eigenvalue weighted by atomic mass is 32.2. The maximum Gasteiger partial charge on any atom is 0.338 e. The number of amides is 1. The number of nitrogens with one attached hydrogen (secondary N) is 2. The lowest BCUT2D eigenvalue weighted by Crippen LogP contribution is -2.38. The Morgan fingerprint density at radius 3 is 2.34 bits per heavy atom. The van der Waals surface area contributed by atoms with Crippen LogP contribution in [0, 0.1) is 5.92 Å². The smallest absolute Gasteiger partial charge is 0.338 e. The topological polar surface area (TPSA) is 102 Å². The minimum atomic E-state index is -3.81. The van der Waals surface area contributed by atoms with Gasteiger partial charge in [-0.15, -0.1) is 0 Å². The molecule has 1 amide bonds. The van der Waals surface area contributed by atoms with Crippen molar-refractivity contribution in [1.29, 1.82) is 0 Å². The Kier molecular flexibility index (Phi) is 7.92. The lowest BCUT2D eigenvalue weighted by Gasteiger charge is -2.17. The van der Waals surface area contributed by atoms with Crippen LogP contribution in [0.5, 0.6) is 0 Å². The van der Waals surface area contributed by atoms with Crippen molar-refractivity contribution in [2.75, 3.05) is 6.61 Å². The summed E-state index contributed by atoms with van der Waals surface area (Å²) in [6.45, 7) is 5.50. The van der Waals surface area contributed by atoms with E-state index in [9.17, 15) is 18.0 Å². The van der Waals surface area contributed by atoms with E-state index < -0.39 is 28.5 Å². The fourth-order valence-corrected chi connectivity index (χ4v) is 3.39. The second-order valence-corrected chi connectivity index (χ2v) is 8.78. The number of esters is 1. The predicted molar refractivity (Wildman–Crippen MR) is 110 cm³/mol. The van der Waals surface area contributed by atoms with Crippen LogP contribution >= 0.6 is 0 Å². The molecule has 7 nitrogen and oxygen atoms in total. The fourth-order valence-electron chi connectivity index (χ4n) is 2.32. The Morgan fingerprint density at radius 1 is 1.00 bits per heavy atom. The van der Waals surface area contributed by atoms with Crippen molar-refractivity contribution >= 4 is 21.9 Å². The zero-order valence-electron chi connectivity index (χ0n) is 16.7. The van der Waals surface area contributed by atoms with E-state index in [4.69, 9.17) is 4.74 Å². The molecule has 2 aromatic rings. The fraction of sp³-hybridized carbons (Fsp3) is 0.333. The molecule has 8 heteroatoms. The number of carbonyl (C=O) groups excluding carboxylic acids is 2. The quantitative estimate of drug-likeness (QED) is 0.609. The molecule has 0 radical (unpaired) electrons. The summed E-state index contributed by atoms with van der Waals surface area (Å²) in [4.78, 5) is 24.0. The monoisotopic (exact) mass is 418 g/mol. The van der Waals surface area contributed by atoms with Gasteiger partial charge in [-0.3, -0.25) is 4.79 Å². The van der Waals surface area contributed by atoms with Gasteiger partial charge in [0.2, 0.25) is 10.0 Å². The Labute approximate surface area is 171 Å². The molecule has 0 saturated heterocycles. The van der Waals surface area contributed by atoms with E-state index >= 15 is 0 Å². The Hall–Kier alpha value is -2.71. The van der Waals surface area contributed by atoms with Crippen molar-refractivity contribution in [1.82, 2.24) is 10.0 Å². The molecule has 0 spiro atoms. The van der Waals surface area contributed by atoms with Crippen molar-refractivity contribution in [3.63, 3.8) is 0 Å². The molecular weight excluding hydrogens is 392 g/mol. The standard InChI is InChI=1S/C21H26N2O5S/c1-15(2)16(3)23-20(24)14-28-21(25)18-10-7-11-19(12-18)29(26,27)22-13-17-8-5-4-6-9-17/h4-12,15-16,22H,13-14H2,1-3H3,(H,23,24). The summed E-state index contributed by atoms with van der Waals surface area (Å²) >= 11 is 0. The van der Waals surface area contributed by atoms with Gasteiger partial charge in [-0.05, 0) is 36.6 Å². The van der Waals surface area contributed by atoms with Gasteiger partial charge in [-0.1, -0.05) is 50.2 Å². The Balaban J connectivity index is 1.98. The SMILES string of the molecule is CC(C)C(C)NC(=O)COC(=O)c1cccc(S(=O)(=O)NCc2ccccc2)c1. The zero-order valence-corrected chi connectivity index (χ0v) is 17.5. The first-order valence-electron chi connectivity index (χ1n) is 9.29. The Bertz CT molecular complexity index is 943. The molecule has 2 aromatic carbocycles. The van der Waals surface area contributed by atoms with Crippen LogP contribution in [-0.2, 0) is 26.1 Å². The second kappa shape index (κ2) is 10.2. The van der Waals surface area contributed by atoms with Crippen LogP contribution in [0.4, 0.5) is 0 Å². The van der Waals surface area contributed by atoms with E-state index in [1.165, 1.54) is 24.3 Å². The van der Waals surface area contributed by atoms with Gasteiger partial charge in [-0.2, -0.15) is 0 Å². The molecule has 0 aliphatic carbocycles. The van der Waals surface area contributed by atoms with Crippen molar-refractivity contribution < 1.29 is 22.7 Å². The number of rotatable bonds is 9. The summed E-state index contributed by atoms with van der Waals surface area (Å²) in [7, 11) is -3.81. The molecule has 0 saturated carbocycles. The van der Waals surface area contributed by atoms with Crippen LogP contribution in [0.1, 0.15) is 36.7 Å². The van der Waals surface area contributed by atoms with Crippen LogP contribution in [0.15, 0.2) is 59.5 Å². The summed E-state index contributed by atoms with van der Waals surface area (Å²) in [5.74, 6) is -0.926. The summed E-state index contributed by atoms with van der Waals surface area (Å²) in [5, 5.41) is 2.73. The summed E-state index contributed by atoms with van der Waals surface area (Å²) in [6, 6.07) is 14.6. The van der Waals surface area contributed by atoms with Crippen molar-refractivity contribution in [2.24, 2.45) is 5.92 Å². The van der Waals surface area contributed by atoms with Crippen molar-refractivity contribution in [3.05, 3.63) is 65.7 Å². The van der Waals surface area contributed by atoms with Crippen LogP contribution in [0.2, 0.25) is 0 Å². The maximum atomic E-state index is 12.5. The molecule has 0 aromatic heterocycles. The largest absolute Gasteiger partial charge is 0.452 e. The molecule has 1 unspecified atom stereocenters. The minimum absolute atomic E-state index is 0.0506. The maximum absolute atomic E-state index is 12.5. The third-order valence-corrected chi connectivity index (χ3v) is 5.81. The Morgan fingerprint density at radius 2 is 1.69 bits per heavy atom.